The SMILES string of the molecule is CC1(F)CN(C(=O)Cn2c(=O)c(C(=O)NCc3ccc(Cl)cc3)cc3nc(N4CCN(CCN)C4=O)cnc32)C1. The Morgan fingerprint density at radius 2 is 1.90 bits per heavy atom. The first-order valence-electron chi connectivity index (χ1n) is 12.7. The molecule has 0 atom stereocenters. The van der Waals surface area contributed by atoms with Gasteiger partial charge in [-0.1, -0.05) is 23.7 Å². The van der Waals surface area contributed by atoms with E-state index in [0.717, 1.165) is 10.1 Å². The first-order valence-corrected chi connectivity index (χ1v) is 13.1. The van der Waals surface area contributed by atoms with Crippen molar-refractivity contribution in [2.75, 3.05) is 44.2 Å². The average Bonchev–Trinajstić information content (AvgIpc) is 3.27. The molecule has 3 N–H and O–H groups in total. The molecule has 4 amide bonds. The highest BCUT2D eigenvalue weighted by molar-refractivity contribution is 6.30. The number of aromatic nitrogens is 3. The van der Waals surface area contributed by atoms with Gasteiger partial charge in [0, 0.05) is 37.7 Å². The van der Waals surface area contributed by atoms with Gasteiger partial charge in [0.05, 0.1) is 19.3 Å². The average molecular weight is 571 g/mol. The summed E-state index contributed by atoms with van der Waals surface area (Å²) in [5.74, 6) is -0.936. The zero-order valence-corrected chi connectivity index (χ0v) is 22.5. The number of anilines is 1. The fourth-order valence-corrected chi connectivity index (χ4v) is 4.90. The molecule has 2 fully saturated rings. The summed E-state index contributed by atoms with van der Waals surface area (Å²) in [5.41, 5.74) is 4.08. The zero-order chi connectivity index (χ0) is 28.6. The first-order chi connectivity index (χ1) is 19.1. The van der Waals surface area contributed by atoms with Crippen molar-refractivity contribution in [1.82, 2.24) is 29.7 Å². The van der Waals surface area contributed by atoms with E-state index in [1.165, 1.54) is 29.0 Å². The van der Waals surface area contributed by atoms with E-state index in [0.29, 0.717) is 31.2 Å². The number of urea groups is 1. The molecule has 40 heavy (non-hydrogen) atoms. The third-order valence-corrected chi connectivity index (χ3v) is 7.10. The largest absolute Gasteiger partial charge is 0.348 e. The Balaban J connectivity index is 1.49. The number of pyridine rings is 1. The van der Waals surface area contributed by atoms with Crippen LogP contribution in [0.5, 0.6) is 0 Å². The molecule has 0 unspecified atom stereocenters. The lowest BCUT2D eigenvalue weighted by molar-refractivity contribution is -0.144. The quantitative estimate of drug-likeness (QED) is 0.413. The van der Waals surface area contributed by atoms with E-state index in [4.69, 9.17) is 17.3 Å². The van der Waals surface area contributed by atoms with Crippen LogP contribution in [0.4, 0.5) is 15.0 Å². The maximum absolute atomic E-state index is 14.0. The molecule has 0 bridgehead atoms. The Bertz CT molecular complexity index is 1540. The molecule has 0 aliphatic carbocycles. The normalized spacial score (nSPS) is 16.4. The highest BCUT2D eigenvalue weighted by Gasteiger charge is 2.41. The van der Waals surface area contributed by atoms with Crippen LogP contribution in [0.3, 0.4) is 0 Å². The Morgan fingerprint density at radius 3 is 2.58 bits per heavy atom. The van der Waals surface area contributed by atoms with E-state index < -0.39 is 29.6 Å². The van der Waals surface area contributed by atoms with E-state index >= 15 is 0 Å². The summed E-state index contributed by atoms with van der Waals surface area (Å²) in [6.07, 6.45) is 1.34. The molecule has 12 nitrogen and oxygen atoms in total. The second-order valence-corrected chi connectivity index (χ2v) is 10.5. The molecule has 1 aromatic carbocycles. The number of nitrogens with two attached hydrogens (primary N) is 1. The van der Waals surface area contributed by atoms with Gasteiger partial charge in [0.1, 0.15) is 23.3 Å². The lowest BCUT2D eigenvalue weighted by Gasteiger charge is -2.42. The predicted molar refractivity (Wildman–Crippen MR) is 146 cm³/mol. The summed E-state index contributed by atoms with van der Waals surface area (Å²) >= 11 is 5.92. The molecule has 2 aromatic heterocycles. The number of halogens is 2. The molecule has 0 spiro atoms. The van der Waals surface area contributed by atoms with Gasteiger partial charge in [-0.2, -0.15) is 0 Å². The summed E-state index contributed by atoms with van der Waals surface area (Å²) in [7, 11) is 0. The number of carbonyl (C=O) groups is 3. The number of rotatable bonds is 8. The van der Waals surface area contributed by atoms with Gasteiger partial charge in [0.2, 0.25) is 5.91 Å². The van der Waals surface area contributed by atoms with Crippen LogP contribution in [-0.2, 0) is 17.9 Å². The van der Waals surface area contributed by atoms with E-state index in [1.54, 1.807) is 29.2 Å². The van der Waals surface area contributed by atoms with Crippen LogP contribution in [0.2, 0.25) is 5.02 Å². The minimum Gasteiger partial charge on any atom is -0.348 e. The van der Waals surface area contributed by atoms with Gasteiger partial charge < -0.3 is 20.9 Å². The number of hydrogen-bond acceptors (Lipinski definition) is 7. The number of nitrogens with one attached hydrogen (secondary N) is 1. The van der Waals surface area contributed by atoms with Crippen LogP contribution < -0.4 is 21.5 Å². The minimum atomic E-state index is -1.49. The van der Waals surface area contributed by atoms with Crippen molar-refractivity contribution in [2.24, 2.45) is 5.73 Å². The van der Waals surface area contributed by atoms with Gasteiger partial charge in [0.15, 0.2) is 11.5 Å². The van der Waals surface area contributed by atoms with E-state index in [2.05, 4.69) is 15.3 Å². The third kappa shape index (κ3) is 5.47. The lowest BCUT2D eigenvalue weighted by Crippen LogP contribution is -2.60. The lowest BCUT2D eigenvalue weighted by atomic mass is 9.99. The van der Waals surface area contributed by atoms with E-state index in [1.807, 2.05) is 0 Å². The summed E-state index contributed by atoms with van der Waals surface area (Å²) < 4.78 is 15.1. The Kier molecular flexibility index (Phi) is 7.43. The summed E-state index contributed by atoms with van der Waals surface area (Å²) in [6.45, 7) is 2.42. The highest BCUT2D eigenvalue weighted by Crippen LogP contribution is 2.25. The maximum atomic E-state index is 14.0. The van der Waals surface area contributed by atoms with Crippen molar-refractivity contribution >= 4 is 46.4 Å². The Labute approximate surface area is 233 Å². The summed E-state index contributed by atoms with van der Waals surface area (Å²) in [5, 5.41) is 3.25. The van der Waals surface area contributed by atoms with Crippen LogP contribution in [0.1, 0.15) is 22.8 Å². The van der Waals surface area contributed by atoms with Gasteiger partial charge in [0.25, 0.3) is 11.5 Å². The van der Waals surface area contributed by atoms with Gasteiger partial charge in [-0.25, -0.2) is 19.2 Å². The predicted octanol–water partition coefficient (Wildman–Crippen LogP) is 1.15. The number of alkyl halides is 1. The molecule has 14 heteroatoms. The van der Waals surface area contributed by atoms with Crippen LogP contribution >= 0.6 is 11.6 Å². The molecule has 0 saturated carbocycles. The number of carbonyl (C=O) groups excluding carboxylic acids is 3. The topological polar surface area (TPSA) is 147 Å². The molecule has 5 rings (SSSR count). The van der Waals surface area contributed by atoms with Crippen LogP contribution in [0.15, 0.2) is 41.3 Å². The van der Waals surface area contributed by atoms with Crippen molar-refractivity contribution in [3.63, 3.8) is 0 Å². The number of likely N-dealkylation sites (tertiary alicyclic amines) is 1. The molecule has 210 valence electrons. The molecule has 2 aliphatic rings. The maximum Gasteiger partial charge on any atom is 0.325 e. The minimum absolute atomic E-state index is 0.0605. The smallest absolute Gasteiger partial charge is 0.325 e. The zero-order valence-electron chi connectivity index (χ0n) is 21.8. The van der Waals surface area contributed by atoms with Crippen LogP contribution in [-0.4, -0.2) is 87.1 Å². The molecular formula is C26H28ClFN8O4. The van der Waals surface area contributed by atoms with Crippen molar-refractivity contribution in [1.29, 1.82) is 0 Å². The first kappa shape index (κ1) is 27.5. The van der Waals surface area contributed by atoms with Crippen LogP contribution in [0, 0.1) is 0 Å². The standard InChI is InChI=1S/C26H28ClFN8O4/c1-26(28)14-34(15-26)21(37)13-36-22-19(32-20(12-30-22)35-9-8-33(7-6-29)25(35)40)10-18(24(36)39)23(38)31-11-16-2-4-17(27)5-3-16/h2-5,10,12H,6-9,11,13-15,29H2,1H3,(H,31,38). The molecule has 4 heterocycles. The van der Waals surface area contributed by atoms with Crippen molar-refractivity contribution in [3.05, 3.63) is 63.0 Å². The molecule has 2 saturated heterocycles. The van der Waals surface area contributed by atoms with Crippen molar-refractivity contribution in [2.45, 2.75) is 25.7 Å². The van der Waals surface area contributed by atoms with E-state index in [-0.39, 0.29) is 48.2 Å². The molecular weight excluding hydrogens is 543 g/mol. The monoisotopic (exact) mass is 570 g/mol. The fraction of sp³-hybridized carbons (Fsp3) is 0.385. The van der Waals surface area contributed by atoms with Crippen molar-refractivity contribution < 1.29 is 18.8 Å². The van der Waals surface area contributed by atoms with Gasteiger partial charge >= 0.3 is 6.03 Å². The Morgan fingerprint density at radius 1 is 1.18 bits per heavy atom. The Hall–Kier alpha value is -4.10. The fourth-order valence-electron chi connectivity index (χ4n) is 4.77. The van der Waals surface area contributed by atoms with E-state index in [9.17, 15) is 23.6 Å². The number of fused-ring (bicyclic) bond motifs is 1. The van der Waals surface area contributed by atoms with Gasteiger partial charge in [-0.3, -0.25) is 23.9 Å². The molecule has 2 aliphatic heterocycles. The molecule has 0 radical (unpaired) electrons. The number of benzene rings is 1. The number of amides is 4. The second kappa shape index (κ2) is 10.8. The second-order valence-electron chi connectivity index (χ2n) is 10.1. The number of hydrogen-bond donors (Lipinski definition) is 2. The van der Waals surface area contributed by atoms with Crippen molar-refractivity contribution in [3.8, 4) is 0 Å². The third-order valence-electron chi connectivity index (χ3n) is 6.85. The summed E-state index contributed by atoms with van der Waals surface area (Å²) in [6, 6.07) is 7.86. The summed E-state index contributed by atoms with van der Waals surface area (Å²) in [4.78, 5) is 65.5. The highest BCUT2D eigenvalue weighted by atomic mass is 35.5. The van der Waals surface area contributed by atoms with Gasteiger partial charge in [-0.15, -0.1) is 0 Å². The van der Waals surface area contributed by atoms with Gasteiger partial charge in [-0.05, 0) is 30.7 Å². The van der Waals surface area contributed by atoms with Crippen LogP contribution in [0.25, 0.3) is 11.2 Å². The molecule has 3 aromatic rings. The number of nitrogens with zero attached hydrogens (tertiary/aromatic N) is 6.